The van der Waals surface area contributed by atoms with Crippen LogP contribution in [0.3, 0.4) is 0 Å². The molecule has 2 nitrogen and oxygen atoms in total. The van der Waals surface area contributed by atoms with Gasteiger partial charge in [-0.05, 0) is 73.0 Å². The molecular formula is C35H30N2S. The summed E-state index contributed by atoms with van der Waals surface area (Å²) in [5.74, 6) is 0. The summed E-state index contributed by atoms with van der Waals surface area (Å²) >= 11 is 1.84. The van der Waals surface area contributed by atoms with Crippen LogP contribution < -0.4 is 4.90 Å². The van der Waals surface area contributed by atoms with Crippen molar-refractivity contribution in [3.8, 4) is 0 Å². The highest BCUT2D eigenvalue weighted by molar-refractivity contribution is 7.99. The molecule has 0 fully saturated rings. The van der Waals surface area contributed by atoms with Gasteiger partial charge in [0.15, 0.2) is 0 Å². The molecule has 1 aromatic heterocycles. The van der Waals surface area contributed by atoms with Gasteiger partial charge < -0.3 is 9.88 Å². The molecule has 1 N–H and O–H groups in total. The van der Waals surface area contributed by atoms with Crippen molar-refractivity contribution < 1.29 is 0 Å². The third-order valence-corrected chi connectivity index (χ3v) is 8.27. The second-order valence-electron chi connectivity index (χ2n) is 9.50. The van der Waals surface area contributed by atoms with E-state index in [1.54, 1.807) is 0 Å². The SMILES string of the molecule is C=Cc1ccc2[nH]c(/C=C\C)c(/C=C/c3ccc4c(c3)N(C3=CC=CC=CC3)c3ccccc3S4)c2c1C. The van der Waals surface area contributed by atoms with Gasteiger partial charge >= 0.3 is 0 Å². The maximum Gasteiger partial charge on any atom is 0.0604 e. The molecule has 0 radical (unpaired) electrons. The number of hydrogen-bond acceptors (Lipinski definition) is 2. The zero-order valence-electron chi connectivity index (χ0n) is 21.7. The number of nitrogens with one attached hydrogen (secondary N) is 1. The second-order valence-corrected chi connectivity index (χ2v) is 10.6. The van der Waals surface area contributed by atoms with Crippen molar-refractivity contribution in [1.29, 1.82) is 0 Å². The fraction of sp³-hybridized carbons (Fsp3) is 0.0857. The summed E-state index contributed by atoms with van der Waals surface area (Å²) < 4.78 is 0. The Morgan fingerprint density at radius 3 is 2.66 bits per heavy atom. The van der Waals surface area contributed by atoms with Crippen LogP contribution in [0.25, 0.3) is 35.2 Å². The number of fused-ring (bicyclic) bond motifs is 3. The first-order valence-electron chi connectivity index (χ1n) is 13.0. The highest BCUT2D eigenvalue weighted by Crippen LogP contribution is 2.50. The van der Waals surface area contributed by atoms with Crippen LogP contribution in [0.2, 0.25) is 0 Å². The van der Waals surface area contributed by atoms with Crippen LogP contribution in [0.4, 0.5) is 11.4 Å². The van der Waals surface area contributed by atoms with Crippen LogP contribution in [-0.4, -0.2) is 4.98 Å². The van der Waals surface area contributed by atoms with Crippen LogP contribution in [-0.2, 0) is 0 Å². The molecule has 6 rings (SSSR count). The van der Waals surface area contributed by atoms with Crippen LogP contribution in [0.1, 0.15) is 41.3 Å². The van der Waals surface area contributed by atoms with Crippen molar-refractivity contribution in [3.63, 3.8) is 0 Å². The van der Waals surface area contributed by atoms with Gasteiger partial charge in [-0.2, -0.15) is 0 Å². The number of rotatable bonds is 5. The number of aryl methyl sites for hydroxylation is 1. The van der Waals surface area contributed by atoms with Crippen LogP contribution in [0, 0.1) is 6.92 Å². The number of anilines is 2. The average molecular weight is 511 g/mol. The van der Waals surface area contributed by atoms with Crippen LogP contribution >= 0.6 is 11.8 Å². The lowest BCUT2D eigenvalue weighted by Gasteiger charge is -2.34. The zero-order valence-corrected chi connectivity index (χ0v) is 22.6. The van der Waals surface area contributed by atoms with Gasteiger partial charge in [0.1, 0.15) is 0 Å². The molecule has 0 unspecified atom stereocenters. The highest BCUT2D eigenvalue weighted by atomic mass is 32.2. The van der Waals surface area contributed by atoms with Gasteiger partial charge in [0.05, 0.1) is 11.4 Å². The maximum atomic E-state index is 4.01. The number of nitrogens with zero attached hydrogens (tertiary/aromatic N) is 1. The first-order chi connectivity index (χ1) is 18.7. The van der Waals surface area contributed by atoms with E-state index in [2.05, 4.69) is 140 Å². The molecule has 2 heterocycles. The molecule has 0 amide bonds. The number of aromatic nitrogens is 1. The average Bonchev–Trinajstić information content (AvgIpc) is 3.09. The molecule has 0 bridgehead atoms. The molecule has 1 aliphatic carbocycles. The molecule has 3 aromatic carbocycles. The molecule has 0 atom stereocenters. The van der Waals surface area contributed by atoms with Gasteiger partial charge in [0, 0.05) is 44.1 Å². The zero-order chi connectivity index (χ0) is 26.1. The molecule has 3 heteroatoms. The first kappa shape index (κ1) is 24.1. The van der Waals surface area contributed by atoms with E-state index in [0.29, 0.717) is 0 Å². The lowest BCUT2D eigenvalue weighted by molar-refractivity contribution is 1.03. The molecule has 1 aliphatic heterocycles. The Labute approximate surface area is 229 Å². The summed E-state index contributed by atoms with van der Waals surface area (Å²) in [6.45, 7) is 8.25. The van der Waals surface area contributed by atoms with Crippen molar-refractivity contribution in [1.82, 2.24) is 4.98 Å². The van der Waals surface area contributed by atoms with Crippen molar-refractivity contribution in [3.05, 3.63) is 131 Å². The number of hydrogen-bond donors (Lipinski definition) is 1. The normalized spacial score (nSPS) is 14.7. The van der Waals surface area contributed by atoms with E-state index in [-0.39, 0.29) is 0 Å². The summed E-state index contributed by atoms with van der Waals surface area (Å²) in [4.78, 5) is 8.59. The van der Waals surface area contributed by atoms with Gasteiger partial charge in [-0.1, -0.05) is 91.2 Å². The lowest BCUT2D eigenvalue weighted by atomic mass is 9.99. The van der Waals surface area contributed by atoms with Gasteiger partial charge in [0.2, 0.25) is 0 Å². The standard InChI is InChI=1S/C35H30N2S/c1-4-12-29-28(35-24(3)26(5-2)19-21-30(35)36-29)20-17-25-18-22-34-32(23-25)37(27-13-8-6-7-9-14-27)31-15-10-11-16-33(31)38-34/h4-13,15-23,36H,2,14H2,1,3H3/b12-4-,20-17+. The topological polar surface area (TPSA) is 19.0 Å². The smallest absolute Gasteiger partial charge is 0.0604 e. The Bertz CT molecular complexity index is 1710. The van der Waals surface area contributed by atoms with Crippen molar-refractivity contribution in [2.24, 2.45) is 0 Å². The maximum absolute atomic E-state index is 4.01. The number of aromatic amines is 1. The predicted octanol–water partition coefficient (Wildman–Crippen LogP) is 10.3. The van der Waals surface area contributed by atoms with Crippen molar-refractivity contribution in [2.75, 3.05) is 4.90 Å². The largest absolute Gasteiger partial charge is 0.355 e. The van der Waals surface area contributed by atoms with E-state index in [1.165, 1.54) is 48.9 Å². The third-order valence-electron chi connectivity index (χ3n) is 7.14. The minimum Gasteiger partial charge on any atom is -0.355 e. The van der Waals surface area contributed by atoms with E-state index in [9.17, 15) is 0 Å². The van der Waals surface area contributed by atoms with E-state index in [1.807, 2.05) is 17.8 Å². The molecule has 38 heavy (non-hydrogen) atoms. The Hall–Kier alpha value is -4.21. The fourth-order valence-corrected chi connectivity index (χ4v) is 6.35. The third kappa shape index (κ3) is 4.29. The second kappa shape index (κ2) is 10.3. The number of para-hydroxylation sites is 1. The highest BCUT2D eigenvalue weighted by Gasteiger charge is 2.25. The Kier molecular flexibility index (Phi) is 6.53. The number of benzene rings is 3. The van der Waals surface area contributed by atoms with E-state index < -0.39 is 0 Å². The number of H-pyrrole nitrogens is 1. The molecular weight excluding hydrogens is 480 g/mol. The van der Waals surface area contributed by atoms with E-state index in [0.717, 1.165) is 23.2 Å². The monoisotopic (exact) mass is 510 g/mol. The van der Waals surface area contributed by atoms with Gasteiger partial charge in [-0.15, -0.1) is 0 Å². The predicted molar refractivity (Wildman–Crippen MR) is 167 cm³/mol. The summed E-state index contributed by atoms with van der Waals surface area (Å²) in [6, 6.07) is 19.8. The van der Waals surface area contributed by atoms with Crippen molar-refractivity contribution in [2.45, 2.75) is 30.1 Å². The first-order valence-corrected chi connectivity index (χ1v) is 13.8. The summed E-state index contributed by atoms with van der Waals surface area (Å²) in [5, 5.41) is 1.25. The fourth-order valence-electron chi connectivity index (χ4n) is 5.32. The summed E-state index contributed by atoms with van der Waals surface area (Å²) in [6.07, 6.45) is 22.3. The van der Waals surface area contributed by atoms with E-state index >= 15 is 0 Å². The van der Waals surface area contributed by atoms with E-state index in [4.69, 9.17) is 0 Å². The summed E-state index contributed by atoms with van der Waals surface area (Å²) in [7, 11) is 0. The van der Waals surface area contributed by atoms with Crippen molar-refractivity contribution >= 4 is 58.3 Å². The minimum atomic E-state index is 0.887. The molecule has 0 spiro atoms. The lowest BCUT2D eigenvalue weighted by Crippen LogP contribution is -2.20. The number of allylic oxidation sites excluding steroid dienone is 6. The van der Waals surface area contributed by atoms with Gasteiger partial charge in [-0.3, -0.25) is 0 Å². The molecule has 2 aliphatic rings. The molecule has 0 saturated carbocycles. The van der Waals surface area contributed by atoms with Gasteiger partial charge in [0.25, 0.3) is 0 Å². The van der Waals surface area contributed by atoms with Crippen LogP contribution in [0.5, 0.6) is 0 Å². The van der Waals surface area contributed by atoms with Gasteiger partial charge in [-0.25, -0.2) is 0 Å². The molecule has 0 saturated heterocycles. The molecule has 4 aromatic rings. The quantitative estimate of drug-likeness (QED) is 0.288. The molecule has 186 valence electrons. The Morgan fingerprint density at radius 2 is 1.79 bits per heavy atom. The minimum absolute atomic E-state index is 0.887. The summed E-state index contributed by atoms with van der Waals surface area (Å²) in [5.41, 5.74) is 10.8. The Balaban J connectivity index is 1.46. The Morgan fingerprint density at radius 1 is 0.921 bits per heavy atom. The van der Waals surface area contributed by atoms with Crippen LogP contribution in [0.15, 0.2) is 113 Å².